The maximum absolute atomic E-state index is 5.55. The monoisotopic (exact) mass is 369 g/mol. The summed E-state index contributed by atoms with van der Waals surface area (Å²) < 4.78 is 11.1. The van der Waals surface area contributed by atoms with Gasteiger partial charge in [0, 0.05) is 19.0 Å². The Morgan fingerprint density at radius 3 is 1.69 bits per heavy atom. The van der Waals surface area contributed by atoms with Crippen molar-refractivity contribution in [3.63, 3.8) is 0 Å². The molecule has 1 fully saturated rings. The van der Waals surface area contributed by atoms with Gasteiger partial charge in [-0.15, -0.1) is 0 Å². The molecule has 0 aliphatic carbocycles. The van der Waals surface area contributed by atoms with Crippen molar-refractivity contribution >= 4 is 0 Å². The van der Waals surface area contributed by atoms with Crippen molar-refractivity contribution < 1.29 is 30.5 Å². The van der Waals surface area contributed by atoms with Crippen LogP contribution in [0.3, 0.4) is 0 Å². The van der Waals surface area contributed by atoms with Crippen molar-refractivity contribution in [3.05, 3.63) is 0 Å². The standard InChI is InChI=1S/C8H18N2O2.Pt/c1-5(2)8-11-6(3-9)7(4-10)12-8;/h5-8H,3-4,9-10H2,1-2H3;/q;+2/t6-,7-;/m1./s1. The van der Waals surface area contributed by atoms with Crippen molar-refractivity contribution in [1.82, 2.24) is 0 Å². The molecular weight excluding hydrogens is 351 g/mol. The molecule has 0 spiro atoms. The molecule has 0 aromatic carbocycles. The zero-order valence-electron chi connectivity index (χ0n) is 8.01. The fourth-order valence-electron chi connectivity index (χ4n) is 1.28. The van der Waals surface area contributed by atoms with E-state index in [4.69, 9.17) is 20.9 Å². The van der Waals surface area contributed by atoms with E-state index in [9.17, 15) is 0 Å². The summed E-state index contributed by atoms with van der Waals surface area (Å²) in [6.45, 7) is 5.06. The van der Waals surface area contributed by atoms with Crippen LogP contribution in [-0.4, -0.2) is 31.6 Å². The van der Waals surface area contributed by atoms with Crippen molar-refractivity contribution in [2.45, 2.75) is 32.3 Å². The average molecular weight is 369 g/mol. The van der Waals surface area contributed by atoms with Crippen molar-refractivity contribution in [3.8, 4) is 0 Å². The summed E-state index contributed by atoms with van der Waals surface area (Å²) in [5.74, 6) is 0.357. The largest absolute Gasteiger partial charge is 2.00 e. The first-order valence-electron chi connectivity index (χ1n) is 4.40. The summed E-state index contributed by atoms with van der Waals surface area (Å²) in [6, 6.07) is 0. The third-order valence-corrected chi connectivity index (χ3v) is 2.04. The number of hydrogen-bond donors (Lipinski definition) is 2. The molecule has 0 aromatic heterocycles. The quantitative estimate of drug-likeness (QED) is 0.715. The normalized spacial score (nSPS) is 29.3. The molecule has 1 rings (SSSR count). The van der Waals surface area contributed by atoms with Crippen LogP contribution in [0.4, 0.5) is 0 Å². The van der Waals surface area contributed by atoms with Crippen molar-refractivity contribution in [2.75, 3.05) is 13.1 Å². The Morgan fingerprint density at radius 1 is 1.08 bits per heavy atom. The minimum absolute atomic E-state index is 0. The second-order valence-electron chi connectivity index (χ2n) is 3.43. The topological polar surface area (TPSA) is 70.5 Å². The molecule has 1 saturated heterocycles. The Morgan fingerprint density at radius 2 is 1.46 bits per heavy atom. The molecule has 0 bridgehead atoms. The van der Waals surface area contributed by atoms with Crippen molar-refractivity contribution in [2.24, 2.45) is 17.4 Å². The van der Waals surface area contributed by atoms with Gasteiger partial charge in [-0.1, -0.05) is 13.8 Å². The van der Waals surface area contributed by atoms with Crippen LogP contribution in [0.5, 0.6) is 0 Å². The third-order valence-electron chi connectivity index (χ3n) is 2.04. The predicted molar refractivity (Wildman–Crippen MR) is 46.5 cm³/mol. The third kappa shape index (κ3) is 3.30. The van der Waals surface area contributed by atoms with Crippen LogP contribution >= 0.6 is 0 Å². The van der Waals surface area contributed by atoms with Gasteiger partial charge in [-0.2, -0.15) is 0 Å². The summed E-state index contributed by atoms with van der Waals surface area (Å²) in [6.07, 6.45) is -0.183. The molecule has 0 aromatic rings. The molecule has 1 aliphatic rings. The van der Waals surface area contributed by atoms with Crippen LogP contribution in [0.15, 0.2) is 0 Å². The van der Waals surface area contributed by atoms with E-state index in [0.29, 0.717) is 19.0 Å². The molecule has 80 valence electrons. The van der Waals surface area contributed by atoms with Gasteiger partial charge >= 0.3 is 21.1 Å². The molecule has 0 unspecified atom stereocenters. The Labute approximate surface area is 93.6 Å². The van der Waals surface area contributed by atoms with E-state index in [1.165, 1.54) is 0 Å². The van der Waals surface area contributed by atoms with Gasteiger partial charge in [0.15, 0.2) is 6.29 Å². The SMILES string of the molecule is CC(C)C1O[C@H](CN)[C@@H](CN)O1.[Pt+2]. The van der Waals surface area contributed by atoms with Gasteiger partial charge in [0.05, 0.1) is 0 Å². The predicted octanol–water partition coefficient (Wildman–Crippen LogP) is -0.333. The summed E-state index contributed by atoms with van der Waals surface area (Å²) >= 11 is 0. The first-order chi connectivity index (χ1) is 5.69. The minimum Gasteiger partial charge on any atom is -0.345 e. The average Bonchev–Trinajstić information content (AvgIpc) is 2.46. The van der Waals surface area contributed by atoms with Crippen molar-refractivity contribution in [1.29, 1.82) is 0 Å². The minimum atomic E-state index is -0.132. The fourth-order valence-corrected chi connectivity index (χ4v) is 1.28. The van der Waals surface area contributed by atoms with Gasteiger partial charge < -0.3 is 20.9 Å². The Hall–Kier alpha value is 0.528. The van der Waals surface area contributed by atoms with Gasteiger partial charge in [-0.3, -0.25) is 0 Å². The van der Waals surface area contributed by atoms with E-state index in [-0.39, 0.29) is 39.6 Å². The zero-order chi connectivity index (χ0) is 9.14. The molecule has 5 heteroatoms. The zero-order valence-corrected chi connectivity index (χ0v) is 10.3. The molecule has 0 saturated carbocycles. The molecule has 4 nitrogen and oxygen atoms in total. The molecule has 0 amide bonds. The van der Waals surface area contributed by atoms with E-state index in [1.54, 1.807) is 0 Å². The number of nitrogens with two attached hydrogens (primary N) is 2. The van der Waals surface area contributed by atoms with Crippen LogP contribution in [0.1, 0.15) is 13.8 Å². The number of ether oxygens (including phenoxy) is 2. The van der Waals surface area contributed by atoms with Crippen LogP contribution in [0, 0.1) is 5.92 Å². The maximum atomic E-state index is 5.55. The van der Waals surface area contributed by atoms with Gasteiger partial charge in [-0.25, -0.2) is 0 Å². The fraction of sp³-hybridized carbons (Fsp3) is 1.00. The molecule has 1 aliphatic heterocycles. The molecule has 4 N–H and O–H groups in total. The van der Waals surface area contributed by atoms with Crippen LogP contribution in [-0.2, 0) is 30.5 Å². The second-order valence-corrected chi connectivity index (χ2v) is 3.43. The van der Waals surface area contributed by atoms with Crippen LogP contribution in [0.25, 0.3) is 0 Å². The van der Waals surface area contributed by atoms with Gasteiger partial charge in [0.25, 0.3) is 0 Å². The van der Waals surface area contributed by atoms with Gasteiger partial charge in [-0.05, 0) is 0 Å². The summed E-state index contributed by atoms with van der Waals surface area (Å²) in [4.78, 5) is 0. The Bertz CT molecular complexity index is 134. The molecule has 2 atom stereocenters. The summed E-state index contributed by atoms with van der Waals surface area (Å²) in [7, 11) is 0. The van der Waals surface area contributed by atoms with E-state index < -0.39 is 0 Å². The van der Waals surface area contributed by atoms with Crippen LogP contribution in [0.2, 0.25) is 0 Å². The molecule has 0 radical (unpaired) electrons. The number of hydrogen-bond acceptors (Lipinski definition) is 4. The molecule has 13 heavy (non-hydrogen) atoms. The smallest absolute Gasteiger partial charge is 0.345 e. The van der Waals surface area contributed by atoms with E-state index >= 15 is 0 Å². The summed E-state index contributed by atoms with van der Waals surface area (Å²) in [5, 5.41) is 0. The summed E-state index contributed by atoms with van der Waals surface area (Å²) in [5.41, 5.74) is 11.0. The molecular formula is C8H18N2O2Pt+2. The Balaban J connectivity index is 0.00000144. The Kier molecular flexibility index (Phi) is 6.34. The van der Waals surface area contributed by atoms with Gasteiger partial charge in [0.1, 0.15) is 12.2 Å². The second kappa shape index (κ2) is 6.09. The molecule has 1 heterocycles. The first kappa shape index (κ1) is 13.5. The van der Waals surface area contributed by atoms with E-state index in [1.807, 2.05) is 0 Å². The number of rotatable bonds is 3. The van der Waals surface area contributed by atoms with Crippen LogP contribution < -0.4 is 11.5 Å². The van der Waals surface area contributed by atoms with Gasteiger partial charge in [0.2, 0.25) is 0 Å². The first-order valence-corrected chi connectivity index (χ1v) is 4.40. The van der Waals surface area contributed by atoms with E-state index in [2.05, 4.69) is 13.8 Å². The maximum Gasteiger partial charge on any atom is 2.00 e. The van der Waals surface area contributed by atoms with E-state index in [0.717, 1.165) is 0 Å².